The van der Waals surface area contributed by atoms with Gasteiger partial charge in [0.25, 0.3) is 0 Å². The zero-order valence-corrected chi connectivity index (χ0v) is 10.8. The van der Waals surface area contributed by atoms with Gasteiger partial charge in [0.05, 0.1) is 12.0 Å². The second kappa shape index (κ2) is 4.41. The highest BCUT2D eigenvalue weighted by molar-refractivity contribution is 6.31. The van der Waals surface area contributed by atoms with Crippen LogP contribution in [-0.4, -0.2) is 23.5 Å². The van der Waals surface area contributed by atoms with Crippen molar-refractivity contribution in [3.8, 4) is 0 Å². The molecule has 0 radical (unpaired) electrons. The molecular formula is C14H14ClNO2. The molecule has 0 saturated carbocycles. The van der Waals surface area contributed by atoms with Crippen LogP contribution in [0.25, 0.3) is 10.9 Å². The van der Waals surface area contributed by atoms with E-state index < -0.39 is 0 Å². The quantitative estimate of drug-likeness (QED) is 0.844. The minimum absolute atomic E-state index is 0.00903. The maximum atomic E-state index is 12.5. The van der Waals surface area contributed by atoms with Crippen LogP contribution in [0.2, 0.25) is 5.02 Å². The number of halogens is 1. The number of hydrogen-bond donors (Lipinski definition) is 1. The van der Waals surface area contributed by atoms with Gasteiger partial charge in [-0.3, -0.25) is 4.79 Å². The van der Waals surface area contributed by atoms with Crippen LogP contribution in [-0.2, 0) is 4.74 Å². The Labute approximate surface area is 110 Å². The van der Waals surface area contributed by atoms with Crippen molar-refractivity contribution in [1.29, 1.82) is 0 Å². The van der Waals surface area contributed by atoms with Crippen LogP contribution in [0.1, 0.15) is 23.7 Å². The number of aromatic nitrogens is 1. The number of ether oxygens (including phenoxy) is 1. The molecule has 1 saturated heterocycles. The van der Waals surface area contributed by atoms with Crippen molar-refractivity contribution in [3.63, 3.8) is 0 Å². The molecule has 3 nitrogen and oxygen atoms in total. The number of fused-ring (bicyclic) bond motifs is 1. The Bertz CT molecular complexity index is 605. The van der Waals surface area contributed by atoms with Gasteiger partial charge in [-0.1, -0.05) is 17.7 Å². The molecule has 0 amide bonds. The van der Waals surface area contributed by atoms with Crippen LogP contribution in [0.4, 0.5) is 0 Å². The highest BCUT2D eigenvalue weighted by atomic mass is 35.5. The summed E-state index contributed by atoms with van der Waals surface area (Å²) in [6, 6.07) is 5.53. The van der Waals surface area contributed by atoms with Crippen LogP contribution in [0, 0.1) is 5.92 Å². The van der Waals surface area contributed by atoms with Crippen LogP contribution in [0.3, 0.4) is 0 Å². The maximum Gasteiger partial charge on any atom is 0.170 e. The van der Waals surface area contributed by atoms with Gasteiger partial charge in [-0.15, -0.1) is 0 Å². The van der Waals surface area contributed by atoms with Gasteiger partial charge in [-0.2, -0.15) is 0 Å². The van der Waals surface area contributed by atoms with Gasteiger partial charge in [0.2, 0.25) is 0 Å². The number of benzene rings is 1. The zero-order chi connectivity index (χ0) is 12.7. The van der Waals surface area contributed by atoms with E-state index in [4.69, 9.17) is 16.3 Å². The van der Waals surface area contributed by atoms with Gasteiger partial charge < -0.3 is 9.72 Å². The summed E-state index contributed by atoms with van der Waals surface area (Å²) in [5, 5.41) is 1.60. The third-order valence-corrected chi connectivity index (χ3v) is 3.86. The maximum absolute atomic E-state index is 12.5. The summed E-state index contributed by atoms with van der Waals surface area (Å²) < 4.78 is 5.46. The molecule has 18 heavy (non-hydrogen) atoms. The number of H-pyrrole nitrogens is 1. The minimum atomic E-state index is -0.0281. The summed E-state index contributed by atoms with van der Waals surface area (Å²) in [4.78, 5) is 15.6. The van der Waals surface area contributed by atoms with Crippen molar-refractivity contribution in [2.24, 2.45) is 5.92 Å². The SMILES string of the molecule is CC1OCCC1C(=O)c1c[nH]c2cc(Cl)ccc12. The Balaban J connectivity index is 2.01. The Hall–Kier alpha value is -1.32. The molecule has 3 rings (SSSR count). The highest BCUT2D eigenvalue weighted by Crippen LogP contribution is 2.29. The van der Waals surface area contributed by atoms with Crippen LogP contribution in [0.15, 0.2) is 24.4 Å². The Morgan fingerprint density at radius 3 is 3.06 bits per heavy atom. The second-order valence-electron chi connectivity index (χ2n) is 4.73. The van der Waals surface area contributed by atoms with Crippen molar-refractivity contribution in [3.05, 3.63) is 35.0 Å². The Morgan fingerprint density at radius 2 is 2.33 bits per heavy atom. The van der Waals surface area contributed by atoms with Crippen LogP contribution >= 0.6 is 11.6 Å². The van der Waals surface area contributed by atoms with E-state index in [0.717, 1.165) is 22.9 Å². The molecule has 2 unspecified atom stereocenters. The summed E-state index contributed by atoms with van der Waals surface area (Å²) in [5.74, 6) is 0.133. The normalized spacial score (nSPS) is 23.7. The molecule has 0 bridgehead atoms. The van der Waals surface area contributed by atoms with E-state index in [2.05, 4.69) is 4.98 Å². The van der Waals surface area contributed by atoms with Gasteiger partial charge in [0.1, 0.15) is 0 Å². The molecule has 1 aliphatic rings. The summed E-state index contributed by atoms with van der Waals surface area (Å²) in [6.45, 7) is 2.63. The molecule has 1 N–H and O–H groups in total. The van der Waals surface area contributed by atoms with Crippen LogP contribution in [0.5, 0.6) is 0 Å². The van der Waals surface area contributed by atoms with Gasteiger partial charge in [0, 0.05) is 34.3 Å². The number of carbonyl (C=O) groups excluding carboxylic acids is 1. The molecule has 1 fully saturated rings. The first-order valence-corrected chi connectivity index (χ1v) is 6.47. The van der Waals surface area contributed by atoms with Gasteiger partial charge >= 0.3 is 0 Å². The topological polar surface area (TPSA) is 42.1 Å². The fraction of sp³-hybridized carbons (Fsp3) is 0.357. The van der Waals surface area contributed by atoms with E-state index in [-0.39, 0.29) is 17.8 Å². The monoisotopic (exact) mass is 263 g/mol. The van der Waals surface area contributed by atoms with Crippen molar-refractivity contribution in [2.75, 3.05) is 6.61 Å². The predicted octanol–water partition coefficient (Wildman–Crippen LogP) is 3.43. The zero-order valence-electron chi connectivity index (χ0n) is 10.1. The van der Waals surface area contributed by atoms with E-state index in [9.17, 15) is 4.79 Å². The molecule has 0 aliphatic carbocycles. The van der Waals surface area contributed by atoms with Crippen molar-refractivity contribution >= 4 is 28.3 Å². The fourth-order valence-electron chi connectivity index (χ4n) is 2.58. The second-order valence-corrected chi connectivity index (χ2v) is 5.16. The van der Waals surface area contributed by atoms with E-state index >= 15 is 0 Å². The van der Waals surface area contributed by atoms with E-state index in [1.165, 1.54) is 0 Å². The lowest BCUT2D eigenvalue weighted by atomic mass is 9.92. The average Bonchev–Trinajstić information content (AvgIpc) is 2.94. The molecule has 0 spiro atoms. The molecule has 94 valence electrons. The summed E-state index contributed by atoms with van der Waals surface area (Å²) >= 11 is 5.93. The minimum Gasteiger partial charge on any atom is -0.378 e. The molecule has 2 aromatic rings. The number of aromatic amines is 1. The molecule has 1 aromatic carbocycles. The molecule has 4 heteroatoms. The molecule has 1 aromatic heterocycles. The number of hydrogen-bond acceptors (Lipinski definition) is 2. The van der Waals surface area contributed by atoms with Gasteiger partial charge in [-0.05, 0) is 25.5 Å². The van der Waals surface area contributed by atoms with E-state index in [0.29, 0.717) is 11.6 Å². The van der Waals surface area contributed by atoms with E-state index in [1.807, 2.05) is 25.1 Å². The summed E-state index contributed by atoms with van der Waals surface area (Å²) in [7, 11) is 0. The molecular weight excluding hydrogens is 250 g/mol. The Kier molecular flexibility index (Phi) is 2.88. The number of nitrogens with one attached hydrogen (secondary N) is 1. The smallest absolute Gasteiger partial charge is 0.170 e. The lowest BCUT2D eigenvalue weighted by Gasteiger charge is -2.11. The van der Waals surface area contributed by atoms with Crippen molar-refractivity contribution in [1.82, 2.24) is 4.98 Å². The summed E-state index contributed by atoms with van der Waals surface area (Å²) in [5.41, 5.74) is 1.64. The highest BCUT2D eigenvalue weighted by Gasteiger charge is 2.32. The lowest BCUT2D eigenvalue weighted by Crippen LogP contribution is -2.21. The van der Waals surface area contributed by atoms with Gasteiger partial charge in [0.15, 0.2) is 5.78 Å². The third kappa shape index (κ3) is 1.84. The van der Waals surface area contributed by atoms with Crippen molar-refractivity contribution < 1.29 is 9.53 Å². The number of rotatable bonds is 2. The average molecular weight is 264 g/mol. The third-order valence-electron chi connectivity index (χ3n) is 3.62. The largest absolute Gasteiger partial charge is 0.378 e. The standard InChI is InChI=1S/C14H14ClNO2/c1-8-10(4-5-18-8)14(17)12-7-16-13-6-9(15)2-3-11(12)13/h2-3,6-8,10,16H,4-5H2,1H3. The number of ketones is 1. The predicted molar refractivity (Wildman–Crippen MR) is 71.2 cm³/mol. The van der Waals surface area contributed by atoms with Crippen molar-refractivity contribution in [2.45, 2.75) is 19.4 Å². The molecule has 2 atom stereocenters. The number of Topliss-reactive ketones (excluding diaryl/α,β-unsaturated/α-hetero) is 1. The first-order chi connectivity index (χ1) is 8.66. The first-order valence-electron chi connectivity index (χ1n) is 6.09. The fourth-order valence-corrected chi connectivity index (χ4v) is 2.75. The first kappa shape index (κ1) is 11.8. The Morgan fingerprint density at radius 1 is 1.50 bits per heavy atom. The molecule has 1 aliphatic heterocycles. The van der Waals surface area contributed by atoms with Gasteiger partial charge in [-0.25, -0.2) is 0 Å². The lowest BCUT2D eigenvalue weighted by molar-refractivity contribution is 0.0766. The van der Waals surface area contributed by atoms with E-state index in [1.54, 1.807) is 6.20 Å². The molecule has 2 heterocycles. The summed E-state index contributed by atoms with van der Waals surface area (Å²) in [6.07, 6.45) is 2.59. The number of carbonyl (C=O) groups is 1. The van der Waals surface area contributed by atoms with Crippen LogP contribution < -0.4 is 0 Å².